The quantitative estimate of drug-likeness (QED) is 0.686. The maximum Gasteiger partial charge on any atom is 0.312 e. The van der Waals surface area contributed by atoms with Crippen LogP contribution in [-0.4, -0.2) is 22.6 Å². The van der Waals surface area contributed by atoms with Crippen molar-refractivity contribution in [2.75, 3.05) is 6.54 Å². The molecule has 1 unspecified atom stereocenters. The summed E-state index contributed by atoms with van der Waals surface area (Å²) in [4.78, 5) is 15.2. The van der Waals surface area contributed by atoms with E-state index in [4.69, 9.17) is 5.11 Å². The molecule has 0 saturated heterocycles. The van der Waals surface area contributed by atoms with E-state index >= 15 is 0 Å². The van der Waals surface area contributed by atoms with Crippen molar-refractivity contribution in [3.63, 3.8) is 0 Å². The third-order valence-electron chi connectivity index (χ3n) is 2.58. The highest BCUT2D eigenvalue weighted by atomic mass is 16.4. The van der Waals surface area contributed by atoms with Crippen LogP contribution in [0.15, 0.2) is 12.3 Å². The number of aliphatic carboxylic acids is 1. The van der Waals surface area contributed by atoms with Gasteiger partial charge in [0.05, 0.1) is 11.6 Å². The van der Waals surface area contributed by atoms with E-state index in [0.717, 1.165) is 16.8 Å². The van der Waals surface area contributed by atoms with Crippen LogP contribution in [-0.2, 0) is 11.3 Å². The number of aryl methyl sites for hydroxylation is 1. The first kappa shape index (κ1) is 9.15. The first-order valence-corrected chi connectivity index (χ1v) is 4.58. The van der Waals surface area contributed by atoms with Crippen molar-refractivity contribution in [3.05, 3.63) is 29.1 Å². The number of carboxylic acids is 1. The smallest absolute Gasteiger partial charge is 0.312 e. The highest BCUT2D eigenvalue weighted by Crippen LogP contribution is 2.25. The Balaban J connectivity index is 2.52. The number of carbonyl (C=O) groups is 1. The van der Waals surface area contributed by atoms with Crippen LogP contribution in [0.1, 0.15) is 22.7 Å². The van der Waals surface area contributed by atoms with Gasteiger partial charge in [-0.3, -0.25) is 9.78 Å². The van der Waals surface area contributed by atoms with E-state index in [1.54, 1.807) is 6.20 Å². The zero-order valence-electron chi connectivity index (χ0n) is 7.95. The zero-order valence-corrected chi connectivity index (χ0v) is 7.95. The second-order valence-corrected chi connectivity index (χ2v) is 3.51. The van der Waals surface area contributed by atoms with Crippen LogP contribution in [0.4, 0.5) is 0 Å². The molecule has 0 aliphatic carbocycles. The van der Waals surface area contributed by atoms with Crippen LogP contribution in [0.25, 0.3) is 0 Å². The lowest BCUT2D eigenvalue weighted by Gasteiger charge is -2.23. The second-order valence-electron chi connectivity index (χ2n) is 3.51. The molecule has 2 rings (SSSR count). The van der Waals surface area contributed by atoms with E-state index in [0.29, 0.717) is 13.1 Å². The Kier molecular flexibility index (Phi) is 2.21. The molecule has 2 N–H and O–H groups in total. The van der Waals surface area contributed by atoms with Gasteiger partial charge in [0.25, 0.3) is 0 Å². The Hall–Kier alpha value is -1.42. The van der Waals surface area contributed by atoms with Crippen LogP contribution in [0, 0.1) is 6.92 Å². The van der Waals surface area contributed by atoms with Crippen LogP contribution >= 0.6 is 0 Å². The van der Waals surface area contributed by atoms with Crippen LogP contribution in [0.3, 0.4) is 0 Å². The first-order valence-electron chi connectivity index (χ1n) is 4.58. The minimum Gasteiger partial charge on any atom is -0.481 e. The summed E-state index contributed by atoms with van der Waals surface area (Å²) in [6.45, 7) is 3.09. The molecule has 0 bridgehead atoms. The van der Waals surface area contributed by atoms with Gasteiger partial charge >= 0.3 is 5.97 Å². The molecule has 0 spiro atoms. The maximum absolute atomic E-state index is 11.0. The largest absolute Gasteiger partial charge is 0.481 e. The fourth-order valence-electron chi connectivity index (χ4n) is 1.89. The molecule has 14 heavy (non-hydrogen) atoms. The average Bonchev–Trinajstić information content (AvgIpc) is 2.17. The molecule has 1 atom stereocenters. The molecular formula is C10H12N2O2. The first-order chi connectivity index (χ1) is 6.70. The number of hydrogen-bond acceptors (Lipinski definition) is 3. The van der Waals surface area contributed by atoms with Gasteiger partial charge in [-0.25, -0.2) is 0 Å². The third kappa shape index (κ3) is 1.37. The Labute approximate surface area is 82.0 Å². The maximum atomic E-state index is 11.0. The number of carboxylic acid groups (broad SMARTS) is 1. The summed E-state index contributed by atoms with van der Waals surface area (Å²) in [6, 6.07) is 1.86. The molecular weight excluding hydrogens is 180 g/mol. The van der Waals surface area contributed by atoms with Crippen LogP contribution in [0.2, 0.25) is 0 Å². The Bertz CT molecular complexity index is 376. The van der Waals surface area contributed by atoms with Gasteiger partial charge in [-0.1, -0.05) is 0 Å². The summed E-state index contributed by atoms with van der Waals surface area (Å²) in [5.41, 5.74) is 2.77. The number of hydrogen-bond donors (Lipinski definition) is 2. The van der Waals surface area contributed by atoms with E-state index in [-0.39, 0.29) is 0 Å². The molecule has 0 fully saturated rings. The van der Waals surface area contributed by atoms with Gasteiger partial charge in [0.15, 0.2) is 0 Å². The Morgan fingerprint density at radius 3 is 3.21 bits per heavy atom. The number of pyridine rings is 1. The number of aromatic nitrogens is 1. The minimum absolute atomic E-state index is 0.451. The highest BCUT2D eigenvalue weighted by molar-refractivity contribution is 5.77. The molecule has 0 saturated carbocycles. The molecule has 2 heterocycles. The second kappa shape index (κ2) is 3.38. The SMILES string of the molecule is Cc1ccnc2c1C(C(=O)O)CNC2. The number of nitrogens with one attached hydrogen (secondary N) is 1. The lowest BCUT2D eigenvalue weighted by Crippen LogP contribution is -2.33. The standard InChI is InChI=1S/C10H12N2O2/c1-6-2-3-12-8-5-11-4-7(9(6)8)10(13)14/h2-3,7,11H,4-5H2,1H3,(H,13,14). The molecule has 4 heteroatoms. The Morgan fingerprint density at radius 2 is 2.50 bits per heavy atom. The van der Waals surface area contributed by atoms with Crippen molar-refractivity contribution in [2.45, 2.75) is 19.4 Å². The summed E-state index contributed by atoms with van der Waals surface area (Å²) in [7, 11) is 0. The molecule has 1 aliphatic heterocycles. The van der Waals surface area contributed by atoms with Gasteiger partial charge in [0.2, 0.25) is 0 Å². The topological polar surface area (TPSA) is 62.2 Å². The Morgan fingerprint density at radius 1 is 1.71 bits per heavy atom. The fraction of sp³-hybridized carbons (Fsp3) is 0.400. The van der Waals surface area contributed by atoms with Gasteiger partial charge < -0.3 is 10.4 Å². The van der Waals surface area contributed by atoms with Crippen molar-refractivity contribution in [1.29, 1.82) is 0 Å². The van der Waals surface area contributed by atoms with E-state index in [1.807, 2.05) is 13.0 Å². The number of fused-ring (bicyclic) bond motifs is 1. The molecule has 4 nitrogen and oxygen atoms in total. The van der Waals surface area contributed by atoms with E-state index in [2.05, 4.69) is 10.3 Å². The van der Waals surface area contributed by atoms with E-state index in [1.165, 1.54) is 0 Å². The van der Waals surface area contributed by atoms with Crippen molar-refractivity contribution < 1.29 is 9.90 Å². The molecule has 1 aromatic heterocycles. The van der Waals surface area contributed by atoms with Gasteiger partial charge in [-0.15, -0.1) is 0 Å². The normalized spacial score (nSPS) is 20.2. The molecule has 1 aromatic rings. The number of rotatable bonds is 1. The minimum atomic E-state index is -0.783. The van der Waals surface area contributed by atoms with Crippen molar-refractivity contribution in [3.8, 4) is 0 Å². The molecule has 0 aromatic carbocycles. The van der Waals surface area contributed by atoms with Crippen LogP contribution in [0.5, 0.6) is 0 Å². The lowest BCUT2D eigenvalue weighted by molar-refractivity contribution is -0.138. The monoisotopic (exact) mass is 192 g/mol. The van der Waals surface area contributed by atoms with E-state index < -0.39 is 11.9 Å². The van der Waals surface area contributed by atoms with Crippen molar-refractivity contribution >= 4 is 5.97 Å². The highest BCUT2D eigenvalue weighted by Gasteiger charge is 2.27. The summed E-state index contributed by atoms with van der Waals surface area (Å²) < 4.78 is 0. The molecule has 1 aliphatic rings. The average molecular weight is 192 g/mol. The summed E-state index contributed by atoms with van der Waals surface area (Å²) in [5, 5.41) is 12.1. The summed E-state index contributed by atoms with van der Waals surface area (Å²) in [5.74, 6) is -1.23. The van der Waals surface area contributed by atoms with Gasteiger partial charge in [0, 0.05) is 19.3 Å². The van der Waals surface area contributed by atoms with Crippen LogP contribution < -0.4 is 5.32 Å². The summed E-state index contributed by atoms with van der Waals surface area (Å²) in [6.07, 6.45) is 1.72. The van der Waals surface area contributed by atoms with Crippen molar-refractivity contribution in [1.82, 2.24) is 10.3 Å². The van der Waals surface area contributed by atoms with E-state index in [9.17, 15) is 4.79 Å². The fourth-order valence-corrected chi connectivity index (χ4v) is 1.89. The van der Waals surface area contributed by atoms with Gasteiger partial charge in [0.1, 0.15) is 0 Å². The molecule has 0 radical (unpaired) electrons. The lowest BCUT2D eigenvalue weighted by atomic mass is 9.91. The predicted octanol–water partition coefficient (Wildman–Crippen LogP) is 0.661. The predicted molar refractivity (Wildman–Crippen MR) is 51.1 cm³/mol. The van der Waals surface area contributed by atoms with Crippen molar-refractivity contribution in [2.24, 2.45) is 0 Å². The molecule has 0 amide bonds. The third-order valence-corrected chi connectivity index (χ3v) is 2.58. The molecule has 74 valence electrons. The summed E-state index contributed by atoms with van der Waals surface area (Å²) >= 11 is 0. The number of nitrogens with zero attached hydrogens (tertiary/aromatic N) is 1. The van der Waals surface area contributed by atoms with Gasteiger partial charge in [-0.05, 0) is 24.1 Å². The zero-order chi connectivity index (χ0) is 10.1. The van der Waals surface area contributed by atoms with Gasteiger partial charge in [-0.2, -0.15) is 0 Å².